The zero-order valence-electron chi connectivity index (χ0n) is 21.2. The lowest BCUT2D eigenvalue weighted by molar-refractivity contribution is -0.126. The van der Waals surface area contributed by atoms with Gasteiger partial charge < -0.3 is 15.1 Å². The van der Waals surface area contributed by atoms with Crippen LogP contribution in [0.25, 0.3) is 0 Å². The molecule has 4 atom stereocenters. The van der Waals surface area contributed by atoms with Crippen molar-refractivity contribution in [2.24, 2.45) is 5.41 Å². The Morgan fingerprint density at radius 3 is 2.41 bits per heavy atom. The van der Waals surface area contributed by atoms with Crippen molar-refractivity contribution in [1.82, 2.24) is 20.4 Å². The van der Waals surface area contributed by atoms with Gasteiger partial charge in [-0.25, -0.2) is 0 Å². The molecule has 32 heavy (non-hydrogen) atoms. The summed E-state index contributed by atoms with van der Waals surface area (Å²) in [5, 5.41) is 5.26. The molecule has 1 amide bonds. The van der Waals surface area contributed by atoms with E-state index < -0.39 is 0 Å². The van der Waals surface area contributed by atoms with Gasteiger partial charge in [-0.15, -0.1) is 0 Å². The van der Waals surface area contributed by atoms with Gasteiger partial charge in [0, 0.05) is 39.8 Å². The number of hydrogen-bond acceptors (Lipinski definition) is 7. The van der Waals surface area contributed by atoms with Gasteiger partial charge in [0.25, 0.3) is 0 Å². The van der Waals surface area contributed by atoms with E-state index in [4.69, 9.17) is 4.84 Å². The second kappa shape index (κ2) is 14.4. The maximum Gasteiger partial charge on any atom is 0.235 e. The summed E-state index contributed by atoms with van der Waals surface area (Å²) in [7, 11) is 6.03. The number of nitrogens with zero attached hydrogens (tertiary/aromatic N) is 1. The Morgan fingerprint density at radius 2 is 1.78 bits per heavy atom. The van der Waals surface area contributed by atoms with Crippen LogP contribution in [0, 0.1) is 5.41 Å². The molecule has 0 radical (unpaired) electrons. The standard InChI is InChI=1S/C24H48N4O2S2/c1-24(2,3)23(29)27-32-20-12-13-21(22(16-20)26-30-6)25-18(14-15-28(4)5)17-31-19-10-8-7-9-11-19/h18-22,25-26H,7-17H2,1-6H3,(H,27,29). The van der Waals surface area contributed by atoms with Crippen LogP contribution in [-0.4, -0.2) is 72.9 Å². The average Bonchev–Trinajstić information content (AvgIpc) is 2.75. The zero-order valence-corrected chi connectivity index (χ0v) is 22.9. The predicted molar refractivity (Wildman–Crippen MR) is 140 cm³/mol. The van der Waals surface area contributed by atoms with Gasteiger partial charge in [-0.3, -0.25) is 9.52 Å². The average molecular weight is 489 g/mol. The van der Waals surface area contributed by atoms with E-state index in [-0.39, 0.29) is 17.4 Å². The highest BCUT2D eigenvalue weighted by molar-refractivity contribution is 8.00. The number of nitrogens with one attached hydrogen (secondary N) is 3. The Morgan fingerprint density at radius 1 is 1.06 bits per heavy atom. The van der Waals surface area contributed by atoms with E-state index in [0.29, 0.717) is 17.3 Å². The third kappa shape index (κ3) is 10.5. The van der Waals surface area contributed by atoms with Crippen molar-refractivity contribution >= 4 is 29.6 Å². The molecule has 0 aromatic heterocycles. The number of carbonyl (C=O) groups excluding carboxylic acids is 1. The number of hydrogen-bond donors (Lipinski definition) is 3. The largest absolute Gasteiger partial charge is 0.309 e. The van der Waals surface area contributed by atoms with Crippen LogP contribution >= 0.6 is 23.7 Å². The van der Waals surface area contributed by atoms with E-state index in [2.05, 4.69) is 46.3 Å². The molecule has 2 rings (SSSR count). The van der Waals surface area contributed by atoms with Crippen molar-refractivity contribution < 1.29 is 9.63 Å². The molecule has 0 aromatic carbocycles. The molecular weight excluding hydrogens is 440 g/mol. The van der Waals surface area contributed by atoms with E-state index in [1.807, 2.05) is 20.8 Å². The molecular formula is C24H48N4O2S2. The minimum absolute atomic E-state index is 0.0995. The van der Waals surface area contributed by atoms with Crippen LogP contribution in [0.1, 0.15) is 78.6 Å². The monoisotopic (exact) mass is 488 g/mol. The Balaban J connectivity index is 1.89. The molecule has 2 fully saturated rings. The molecule has 8 heteroatoms. The molecule has 0 aliphatic heterocycles. The fraction of sp³-hybridized carbons (Fsp3) is 0.958. The van der Waals surface area contributed by atoms with Gasteiger partial charge >= 0.3 is 0 Å². The minimum Gasteiger partial charge on any atom is -0.309 e. The summed E-state index contributed by atoms with van der Waals surface area (Å²) in [6.45, 7) is 6.98. The van der Waals surface area contributed by atoms with Crippen LogP contribution in [-0.2, 0) is 9.63 Å². The van der Waals surface area contributed by atoms with Gasteiger partial charge in [-0.2, -0.15) is 17.2 Å². The van der Waals surface area contributed by atoms with Gasteiger partial charge in [-0.05, 0) is 71.1 Å². The molecule has 0 saturated heterocycles. The Bertz CT molecular complexity index is 539. The van der Waals surface area contributed by atoms with Crippen LogP contribution in [0.15, 0.2) is 0 Å². The van der Waals surface area contributed by atoms with Gasteiger partial charge in [0.1, 0.15) is 0 Å². The van der Waals surface area contributed by atoms with Crippen molar-refractivity contribution in [3.8, 4) is 0 Å². The van der Waals surface area contributed by atoms with Crippen LogP contribution in [0.2, 0.25) is 0 Å². The van der Waals surface area contributed by atoms with Crippen molar-refractivity contribution in [2.75, 3.05) is 33.5 Å². The molecule has 0 aromatic rings. The highest BCUT2D eigenvalue weighted by Gasteiger charge is 2.33. The second-order valence-electron chi connectivity index (χ2n) is 10.8. The topological polar surface area (TPSA) is 65.6 Å². The van der Waals surface area contributed by atoms with Crippen LogP contribution in [0.3, 0.4) is 0 Å². The molecule has 0 bridgehead atoms. The SMILES string of the molecule is CONC1CC(SNC(=O)C(C)(C)C)CCC1NC(CCN(C)C)CSC1CCCCC1. The van der Waals surface area contributed by atoms with Gasteiger partial charge in [0.2, 0.25) is 5.91 Å². The first kappa shape index (κ1) is 28.2. The van der Waals surface area contributed by atoms with Gasteiger partial charge in [0.15, 0.2) is 0 Å². The Labute approximate surface area is 205 Å². The molecule has 6 nitrogen and oxygen atoms in total. The Kier molecular flexibility index (Phi) is 12.7. The Hall–Kier alpha value is 0.01000. The summed E-state index contributed by atoms with van der Waals surface area (Å²) < 4.78 is 3.08. The van der Waals surface area contributed by atoms with Crippen LogP contribution < -0.4 is 15.5 Å². The number of rotatable bonds is 12. The third-order valence-corrected chi connectivity index (χ3v) is 9.13. The van der Waals surface area contributed by atoms with Gasteiger partial charge in [0.05, 0.1) is 7.11 Å². The fourth-order valence-corrected chi connectivity index (χ4v) is 7.00. The summed E-state index contributed by atoms with van der Waals surface area (Å²) in [4.78, 5) is 19.9. The second-order valence-corrected chi connectivity index (χ2v) is 13.3. The normalized spacial score (nSPS) is 26.3. The zero-order chi connectivity index (χ0) is 23.6. The summed E-state index contributed by atoms with van der Waals surface area (Å²) >= 11 is 3.78. The maximum absolute atomic E-state index is 12.3. The van der Waals surface area contributed by atoms with E-state index in [9.17, 15) is 4.79 Å². The smallest absolute Gasteiger partial charge is 0.235 e. The minimum atomic E-state index is -0.356. The van der Waals surface area contributed by atoms with E-state index >= 15 is 0 Å². The van der Waals surface area contributed by atoms with Crippen molar-refractivity contribution in [2.45, 2.75) is 107 Å². The molecule has 4 unspecified atom stereocenters. The summed E-state index contributed by atoms with van der Waals surface area (Å²) in [6.07, 6.45) is 11.4. The highest BCUT2D eigenvalue weighted by Crippen LogP contribution is 2.31. The number of carbonyl (C=O) groups is 1. The lowest BCUT2D eigenvalue weighted by atomic mass is 9.89. The third-order valence-electron chi connectivity index (χ3n) is 6.53. The number of amides is 1. The first-order chi connectivity index (χ1) is 15.2. The highest BCUT2D eigenvalue weighted by atomic mass is 32.2. The lowest BCUT2D eigenvalue weighted by Crippen LogP contribution is -2.55. The van der Waals surface area contributed by atoms with E-state index in [0.717, 1.165) is 31.1 Å². The fourth-order valence-electron chi connectivity index (χ4n) is 4.43. The first-order valence-corrected chi connectivity index (χ1v) is 14.4. The molecule has 2 aliphatic carbocycles. The molecule has 0 heterocycles. The van der Waals surface area contributed by atoms with Crippen LogP contribution in [0.5, 0.6) is 0 Å². The molecule has 2 aliphatic rings. The van der Waals surface area contributed by atoms with Crippen molar-refractivity contribution in [3.05, 3.63) is 0 Å². The number of thioether (sulfide) groups is 1. The van der Waals surface area contributed by atoms with Crippen molar-refractivity contribution in [3.63, 3.8) is 0 Å². The lowest BCUT2D eigenvalue weighted by Gasteiger charge is -2.39. The van der Waals surface area contributed by atoms with E-state index in [1.54, 1.807) is 19.1 Å². The summed E-state index contributed by atoms with van der Waals surface area (Å²) in [6, 6.07) is 1.16. The van der Waals surface area contributed by atoms with Crippen LogP contribution in [0.4, 0.5) is 0 Å². The summed E-state index contributed by atoms with van der Waals surface area (Å²) in [5.41, 5.74) is 2.90. The predicted octanol–water partition coefficient (Wildman–Crippen LogP) is 4.21. The number of hydroxylamine groups is 1. The molecule has 2 saturated carbocycles. The quantitative estimate of drug-likeness (QED) is 0.281. The molecule has 0 spiro atoms. The van der Waals surface area contributed by atoms with Crippen molar-refractivity contribution in [1.29, 1.82) is 0 Å². The summed E-state index contributed by atoms with van der Waals surface area (Å²) in [5.74, 6) is 1.29. The first-order valence-electron chi connectivity index (χ1n) is 12.5. The van der Waals surface area contributed by atoms with E-state index in [1.165, 1.54) is 44.3 Å². The molecule has 188 valence electrons. The van der Waals surface area contributed by atoms with Gasteiger partial charge in [-0.1, -0.05) is 40.0 Å². The molecule has 3 N–H and O–H groups in total. The maximum atomic E-state index is 12.3.